The molecule has 2 heteroatoms. The first-order chi connectivity index (χ1) is 10.1. The Morgan fingerprint density at radius 1 is 1.14 bits per heavy atom. The highest BCUT2D eigenvalue weighted by Gasteiger charge is 2.40. The molecule has 1 fully saturated rings. The highest BCUT2D eigenvalue weighted by molar-refractivity contribution is 5.63. The Balaban J connectivity index is 1.91. The van der Waals surface area contributed by atoms with E-state index in [1.807, 2.05) is 12.3 Å². The number of pyridine rings is 1. The van der Waals surface area contributed by atoms with Crippen LogP contribution in [-0.4, -0.2) is 4.98 Å². The van der Waals surface area contributed by atoms with Gasteiger partial charge < -0.3 is 0 Å². The second kappa shape index (κ2) is 5.33. The van der Waals surface area contributed by atoms with Crippen molar-refractivity contribution < 1.29 is 0 Å². The number of nitrogens with zero attached hydrogens (tertiary/aromatic N) is 2. The Hall–Kier alpha value is -2.14. The van der Waals surface area contributed by atoms with Crippen LogP contribution in [0.3, 0.4) is 0 Å². The number of rotatable bonds is 3. The van der Waals surface area contributed by atoms with Crippen molar-refractivity contribution in [2.75, 3.05) is 0 Å². The predicted molar refractivity (Wildman–Crippen MR) is 84.9 cm³/mol. The molecule has 0 aliphatic heterocycles. The van der Waals surface area contributed by atoms with E-state index in [0.29, 0.717) is 5.92 Å². The maximum Gasteiger partial charge on any atom is 0.0993 e. The zero-order chi connectivity index (χ0) is 14.9. The lowest BCUT2D eigenvalue weighted by atomic mass is 9.67. The van der Waals surface area contributed by atoms with Crippen molar-refractivity contribution in [1.29, 1.82) is 5.26 Å². The summed E-state index contributed by atoms with van der Waals surface area (Å²) in [6, 6.07) is 15.2. The van der Waals surface area contributed by atoms with Gasteiger partial charge in [0, 0.05) is 11.8 Å². The molecule has 2 nitrogen and oxygen atoms in total. The van der Waals surface area contributed by atoms with Crippen LogP contribution < -0.4 is 0 Å². The van der Waals surface area contributed by atoms with Crippen molar-refractivity contribution in [3.05, 3.63) is 53.9 Å². The lowest BCUT2D eigenvalue weighted by molar-refractivity contribution is 0.316. The summed E-state index contributed by atoms with van der Waals surface area (Å²) in [5, 5.41) is 9.38. The SMILES string of the molecule is CC(C)c1cccc(-c2ccc(C3(C#N)CCC3)nc2)c1. The molecule has 2 aromatic rings. The number of benzene rings is 1. The fraction of sp³-hybridized carbons (Fsp3) is 0.368. The van der Waals surface area contributed by atoms with Crippen LogP contribution in [0.1, 0.15) is 50.3 Å². The predicted octanol–water partition coefficient (Wildman–Crippen LogP) is 4.82. The molecule has 1 aromatic heterocycles. The summed E-state index contributed by atoms with van der Waals surface area (Å²) >= 11 is 0. The lowest BCUT2D eigenvalue weighted by Gasteiger charge is -2.34. The summed E-state index contributed by atoms with van der Waals surface area (Å²) in [6.07, 6.45) is 4.93. The van der Waals surface area contributed by atoms with Gasteiger partial charge in [-0.15, -0.1) is 0 Å². The van der Waals surface area contributed by atoms with Crippen molar-refractivity contribution in [2.45, 2.75) is 44.4 Å². The van der Waals surface area contributed by atoms with Gasteiger partial charge in [0.2, 0.25) is 0 Å². The van der Waals surface area contributed by atoms with Crippen LogP contribution in [0.5, 0.6) is 0 Å². The van der Waals surface area contributed by atoms with Crippen molar-refractivity contribution in [3.63, 3.8) is 0 Å². The van der Waals surface area contributed by atoms with Crippen LogP contribution in [0.25, 0.3) is 11.1 Å². The summed E-state index contributed by atoms with van der Waals surface area (Å²) in [6.45, 7) is 4.40. The molecular weight excluding hydrogens is 256 g/mol. The summed E-state index contributed by atoms with van der Waals surface area (Å²) in [4.78, 5) is 4.57. The molecule has 0 radical (unpaired) electrons. The van der Waals surface area contributed by atoms with E-state index in [1.54, 1.807) is 0 Å². The van der Waals surface area contributed by atoms with Gasteiger partial charge in [0.15, 0.2) is 0 Å². The zero-order valence-corrected chi connectivity index (χ0v) is 12.6. The van der Waals surface area contributed by atoms with E-state index >= 15 is 0 Å². The van der Waals surface area contributed by atoms with Crippen LogP contribution in [0.15, 0.2) is 42.6 Å². The fourth-order valence-electron chi connectivity index (χ4n) is 2.88. The van der Waals surface area contributed by atoms with E-state index in [0.717, 1.165) is 30.5 Å². The van der Waals surface area contributed by atoms with Gasteiger partial charge in [0.25, 0.3) is 0 Å². The second-order valence-electron chi connectivity index (χ2n) is 6.26. The van der Waals surface area contributed by atoms with E-state index in [-0.39, 0.29) is 5.41 Å². The molecule has 1 saturated carbocycles. The Kier molecular flexibility index (Phi) is 3.51. The van der Waals surface area contributed by atoms with Gasteiger partial charge in [-0.05, 0) is 42.4 Å². The van der Waals surface area contributed by atoms with Gasteiger partial charge in [0.05, 0.1) is 17.2 Å². The topological polar surface area (TPSA) is 36.7 Å². The molecule has 1 aliphatic rings. The van der Waals surface area contributed by atoms with Crippen LogP contribution in [0.2, 0.25) is 0 Å². The van der Waals surface area contributed by atoms with Gasteiger partial charge in [-0.25, -0.2) is 0 Å². The minimum Gasteiger partial charge on any atom is -0.259 e. The van der Waals surface area contributed by atoms with Crippen molar-refractivity contribution in [1.82, 2.24) is 4.98 Å². The molecule has 0 saturated heterocycles. The smallest absolute Gasteiger partial charge is 0.0993 e. The van der Waals surface area contributed by atoms with Crippen molar-refractivity contribution in [3.8, 4) is 17.2 Å². The first-order valence-electron chi connectivity index (χ1n) is 7.63. The molecule has 1 aromatic carbocycles. The lowest BCUT2D eigenvalue weighted by Crippen LogP contribution is -2.33. The van der Waals surface area contributed by atoms with Gasteiger partial charge in [-0.2, -0.15) is 5.26 Å². The molecule has 1 heterocycles. The van der Waals surface area contributed by atoms with E-state index in [4.69, 9.17) is 0 Å². The maximum atomic E-state index is 9.38. The molecule has 106 valence electrons. The molecule has 1 aliphatic carbocycles. The first kappa shape index (κ1) is 13.8. The highest BCUT2D eigenvalue weighted by atomic mass is 14.7. The third-order valence-corrected chi connectivity index (χ3v) is 4.56. The van der Waals surface area contributed by atoms with Crippen LogP contribution >= 0.6 is 0 Å². The van der Waals surface area contributed by atoms with E-state index in [1.165, 1.54) is 11.1 Å². The van der Waals surface area contributed by atoms with Gasteiger partial charge in [-0.1, -0.05) is 44.2 Å². The Morgan fingerprint density at radius 3 is 2.48 bits per heavy atom. The minimum absolute atomic E-state index is 0.321. The quantitative estimate of drug-likeness (QED) is 0.806. The van der Waals surface area contributed by atoms with Crippen LogP contribution in [0.4, 0.5) is 0 Å². The molecule has 0 N–H and O–H groups in total. The van der Waals surface area contributed by atoms with Crippen molar-refractivity contribution >= 4 is 0 Å². The van der Waals surface area contributed by atoms with Gasteiger partial charge in [0.1, 0.15) is 0 Å². The normalized spacial score (nSPS) is 16.3. The molecule has 0 atom stereocenters. The maximum absolute atomic E-state index is 9.38. The Morgan fingerprint density at radius 2 is 1.95 bits per heavy atom. The molecule has 0 spiro atoms. The monoisotopic (exact) mass is 276 g/mol. The summed E-state index contributed by atoms with van der Waals surface area (Å²) in [7, 11) is 0. The first-order valence-corrected chi connectivity index (χ1v) is 7.63. The van der Waals surface area contributed by atoms with Gasteiger partial charge >= 0.3 is 0 Å². The molecule has 0 amide bonds. The van der Waals surface area contributed by atoms with E-state index in [2.05, 4.69) is 55.2 Å². The zero-order valence-electron chi connectivity index (χ0n) is 12.6. The van der Waals surface area contributed by atoms with E-state index in [9.17, 15) is 5.26 Å². The summed E-state index contributed by atoms with van der Waals surface area (Å²) in [5.74, 6) is 0.522. The second-order valence-corrected chi connectivity index (χ2v) is 6.26. The summed E-state index contributed by atoms with van der Waals surface area (Å²) < 4.78 is 0. The highest BCUT2D eigenvalue weighted by Crippen LogP contribution is 2.42. The van der Waals surface area contributed by atoms with E-state index < -0.39 is 0 Å². The Bertz CT molecular complexity index is 673. The molecule has 0 unspecified atom stereocenters. The standard InChI is InChI=1S/C19H20N2/c1-14(2)15-5-3-6-16(11-15)17-7-8-18(21-12-17)19(13-20)9-4-10-19/h3,5-8,11-12,14H,4,9-10H2,1-2H3. The number of aromatic nitrogens is 1. The third kappa shape index (κ3) is 2.45. The molecule has 3 rings (SSSR count). The van der Waals surface area contributed by atoms with Crippen LogP contribution in [-0.2, 0) is 5.41 Å². The Labute approximate surface area is 126 Å². The van der Waals surface area contributed by atoms with Crippen LogP contribution in [0, 0.1) is 11.3 Å². The molecular formula is C19H20N2. The average Bonchev–Trinajstić information content (AvgIpc) is 2.47. The van der Waals surface area contributed by atoms with Crippen molar-refractivity contribution in [2.24, 2.45) is 0 Å². The van der Waals surface area contributed by atoms with Gasteiger partial charge in [-0.3, -0.25) is 4.98 Å². The minimum atomic E-state index is -0.321. The molecule has 0 bridgehead atoms. The largest absolute Gasteiger partial charge is 0.259 e. The number of nitriles is 1. The summed E-state index contributed by atoms with van der Waals surface area (Å²) in [5.41, 5.74) is 4.26. The fourth-order valence-corrected chi connectivity index (χ4v) is 2.88. The molecule has 21 heavy (non-hydrogen) atoms. The average molecular weight is 276 g/mol. The third-order valence-electron chi connectivity index (χ3n) is 4.56. The number of hydrogen-bond acceptors (Lipinski definition) is 2. The number of hydrogen-bond donors (Lipinski definition) is 0.